The lowest BCUT2D eigenvalue weighted by molar-refractivity contribution is -0.141. The van der Waals surface area contributed by atoms with E-state index >= 15 is 0 Å². The standard InChI is InChI=1S/C13H16BrNO3S/c1-9(13(17)18)6-7-15-12(16)8-19-11-4-2-10(14)3-5-11/h2-5,9H,6-8H2,1H3,(H,15,16)(H,17,18). The van der Waals surface area contributed by atoms with E-state index in [0.29, 0.717) is 18.7 Å². The molecule has 1 amide bonds. The number of carboxylic acid groups (broad SMARTS) is 1. The first-order valence-corrected chi connectivity index (χ1v) is 7.64. The Bertz CT molecular complexity index is 436. The van der Waals surface area contributed by atoms with Gasteiger partial charge in [-0.15, -0.1) is 11.8 Å². The van der Waals surface area contributed by atoms with Gasteiger partial charge in [0, 0.05) is 15.9 Å². The van der Waals surface area contributed by atoms with Crippen LogP contribution in [0.25, 0.3) is 0 Å². The Morgan fingerprint density at radius 1 is 1.37 bits per heavy atom. The first kappa shape index (κ1) is 16.0. The van der Waals surface area contributed by atoms with Crippen molar-refractivity contribution >= 4 is 39.6 Å². The van der Waals surface area contributed by atoms with Crippen LogP contribution in [-0.4, -0.2) is 29.3 Å². The fraction of sp³-hybridized carbons (Fsp3) is 0.385. The molecule has 1 aromatic rings. The summed E-state index contributed by atoms with van der Waals surface area (Å²) in [5.74, 6) is -1.01. The third-order valence-corrected chi connectivity index (χ3v) is 4.05. The summed E-state index contributed by atoms with van der Waals surface area (Å²) in [6.07, 6.45) is 0.448. The summed E-state index contributed by atoms with van der Waals surface area (Å²) < 4.78 is 1.00. The number of rotatable bonds is 7. The molecule has 0 saturated carbocycles. The highest BCUT2D eigenvalue weighted by atomic mass is 79.9. The molecule has 0 saturated heterocycles. The van der Waals surface area contributed by atoms with Gasteiger partial charge >= 0.3 is 5.97 Å². The lowest BCUT2D eigenvalue weighted by atomic mass is 10.1. The quantitative estimate of drug-likeness (QED) is 0.745. The normalized spacial score (nSPS) is 11.9. The minimum absolute atomic E-state index is 0.0782. The minimum Gasteiger partial charge on any atom is -0.481 e. The van der Waals surface area contributed by atoms with Gasteiger partial charge in [0.15, 0.2) is 0 Å². The number of thioether (sulfide) groups is 1. The molecule has 0 fully saturated rings. The van der Waals surface area contributed by atoms with Gasteiger partial charge in [-0.25, -0.2) is 0 Å². The van der Waals surface area contributed by atoms with Crippen LogP contribution in [0.1, 0.15) is 13.3 Å². The van der Waals surface area contributed by atoms with E-state index in [1.54, 1.807) is 6.92 Å². The molecule has 0 aliphatic heterocycles. The Balaban J connectivity index is 2.21. The van der Waals surface area contributed by atoms with Crippen LogP contribution >= 0.6 is 27.7 Å². The Morgan fingerprint density at radius 3 is 2.58 bits per heavy atom. The molecule has 0 radical (unpaired) electrons. The largest absolute Gasteiger partial charge is 0.481 e. The molecule has 0 spiro atoms. The van der Waals surface area contributed by atoms with Crippen molar-refractivity contribution in [1.82, 2.24) is 5.32 Å². The number of benzene rings is 1. The second-order valence-corrected chi connectivity index (χ2v) is 6.08. The molecule has 104 valence electrons. The zero-order chi connectivity index (χ0) is 14.3. The van der Waals surface area contributed by atoms with Crippen LogP contribution in [0.2, 0.25) is 0 Å². The van der Waals surface area contributed by atoms with E-state index in [-0.39, 0.29) is 5.91 Å². The van der Waals surface area contributed by atoms with Gasteiger partial charge in [0.2, 0.25) is 5.91 Å². The van der Waals surface area contributed by atoms with Gasteiger partial charge in [0.1, 0.15) is 0 Å². The van der Waals surface area contributed by atoms with Crippen molar-refractivity contribution in [2.45, 2.75) is 18.2 Å². The Kier molecular flexibility index (Phi) is 6.94. The molecular formula is C13H16BrNO3S. The lowest BCUT2D eigenvalue weighted by Crippen LogP contribution is -2.28. The van der Waals surface area contributed by atoms with Crippen molar-refractivity contribution in [1.29, 1.82) is 0 Å². The predicted octanol–water partition coefficient (Wildman–Crippen LogP) is 2.77. The number of amides is 1. The predicted molar refractivity (Wildman–Crippen MR) is 79.3 cm³/mol. The molecule has 0 aliphatic carbocycles. The zero-order valence-electron chi connectivity index (χ0n) is 10.6. The smallest absolute Gasteiger partial charge is 0.306 e. The van der Waals surface area contributed by atoms with Gasteiger partial charge in [-0.2, -0.15) is 0 Å². The second-order valence-electron chi connectivity index (χ2n) is 4.12. The van der Waals surface area contributed by atoms with Crippen LogP contribution in [0, 0.1) is 5.92 Å². The van der Waals surface area contributed by atoms with Crippen molar-refractivity contribution in [2.24, 2.45) is 5.92 Å². The second kappa shape index (κ2) is 8.22. The van der Waals surface area contributed by atoms with Gasteiger partial charge in [-0.05, 0) is 30.7 Å². The van der Waals surface area contributed by atoms with Crippen molar-refractivity contribution in [3.8, 4) is 0 Å². The summed E-state index contributed by atoms with van der Waals surface area (Å²) in [5, 5.41) is 11.4. The van der Waals surface area contributed by atoms with E-state index in [0.717, 1.165) is 9.37 Å². The first-order valence-electron chi connectivity index (χ1n) is 5.87. The molecule has 0 heterocycles. The summed E-state index contributed by atoms with van der Waals surface area (Å²) in [6.45, 7) is 2.03. The van der Waals surface area contributed by atoms with E-state index in [1.807, 2.05) is 24.3 Å². The highest BCUT2D eigenvalue weighted by Gasteiger charge is 2.10. The molecule has 0 bridgehead atoms. The van der Waals surface area contributed by atoms with Gasteiger partial charge in [0.25, 0.3) is 0 Å². The molecule has 4 nitrogen and oxygen atoms in total. The average molecular weight is 346 g/mol. The highest BCUT2D eigenvalue weighted by molar-refractivity contribution is 9.10. The number of nitrogens with one attached hydrogen (secondary N) is 1. The van der Waals surface area contributed by atoms with Crippen molar-refractivity contribution < 1.29 is 14.7 Å². The minimum atomic E-state index is -0.835. The van der Waals surface area contributed by atoms with E-state index in [9.17, 15) is 9.59 Å². The molecule has 1 rings (SSSR count). The molecule has 19 heavy (non-hydrogen) atoms. The molecule has 0 aromatic heterocycles. The number of hydrogen-bond donors (Lipinski definition) is 2. The third kappa shape index (κ3) is 6.63. The van der Waals surface area contributed by atoms with Gasteiger partial charge < -0.3 is 10.4 Å². The monoisotopic (exact) mass is 345 g/mol. The first-order chi connectivity index (χ1) is 8.99. The third-order valence-electron chi connectivity index (χ3n) is 2.50. The van der Waals surface area contributed by atoms with Crippen molar-refractivity contribution in [2.75, 3.05) is 12.3 Å². The van der Waals surface area contributed by atoms with Crippen LogP contribution in [0.4, 0.5) is 0 Å². The maximum absolute atomic E-state index is 11.5. The van der Waals surface area contributed by atoms with Crippen LogP contribution in [-0.2, 0) is 9.59 Å². The average Bonchev–Trinajstić information content (AvgIpc) is 2.37. The molecule has 1 atom stereocenters. The van der Waals surface area contributed by atoms with Crippen LogP contribution < -0.4 is 5.32 Å². The zero-order valence-corrected chi connectivity index (χ0v) is 13.0. The molecular weight excluding hydrogens is 330 g/mol. The Hall–Kier alpha value is -1.01. The van der Waals surface area contributed by atoms with Crippen LogP contribution in [0.15, 0.2) is 33.6 Å². The van der Waals surface area contributed by atoms with Gasteiger partial charge in [-0.3, -0.25) is 9.59 Å². The summed E-state index contributed by atoms with van der Waals surface area (Å²) in [6, 6.07) is 7.73. The molecule has 0 aliphatic rings. The van der Waals surface area contributed by atoms with E-state index < -0.39 is 11.9 Å². The molecule has 6 heteroatoms. The van der Waals surface area contributed by atoms with Crippen LogP contribution in [0.5, 0.6) is 0 Å². The Labute approximate surface area is 125 Å². The molecule has 1 aromatic carbocycles. The van der Waals surface area contributed by atoms with Gasteiger partial charge in [0.05, 0.1) is 11.7 Å². The number of carbonyl (C=O) groups is 2. The fourth-order valence-corrected chi connectivity index (χ4v) is 2.27. The molecule has 1 unspecified atom stereocenters. The maximum atomic E-state index is 11.5. The topological polar surface area (TPSA) is 66.4 Å². The van der Waals surface area contributed by atoms with Crippen molar-refractivity contribution in [3.05, 3.63) is 28.7 Å². The number of hydrogen-bond acceptors (Lipinski definition) is 3. The Morgan fingerprint density at radius 2 is 2.00 bits per heavy atom. The summed E-state index contributed by atoms with van der Waals surface area (Å²) in [4.78, 5) is 23.2. The lowest BCUT2D eigenvalue weighted by Gasteiger charge is -2.07. The number of aliphatic carboxylic acids is 1. The number of carboxylic acids is 1. The number of halogens is 1. The molecule has 2 N–H and O–H groups in total. The van der Waals surface area contributed by atoms with Crippen molar-refractivity contribution in [3.63, 3.8) is 0 Å². The SMILES string of the molecule is CC(CCNC(=O)CSc1ccc(Br)cc1)C(=O)O. The van der Waals surface area contributed by atoms with Gasteiger partial charge in [-0.1, -0.05) is 22.9 Å². The van der Waals surface area contributed by atoms with E-state index in [1.165, 1.54) is 11.8 Å². The number of carbonyl (C=O) groups excluding carboxylic acids is 1. The summed E-state index contributed by atoms with van der Waals surface area (Å²) in [5.41, 5.74) is 0. The maximum Gasteiger partial charge on any atom is 0.306 e. The summed E-state index contributed by atoms with van der Waals surface area (Å²) >= 11 is 4.80. The van der Waals surface area contributed by atoms with Crippen LogP contribution in [0.3, 0.4) is 0 Å². The highest BCUT2D eigenvalue weighted by Crippen LogP contribution is 2.20. The van der Waals surface area contributed by atoms with E-state index in [4.69, 9.17) is 5.11 Å². The summed E-state index contributed by atoms with van der Waals surface area (Å²) in [7, 11) is 0. The van der Waals surface area contributed by atoms with E-state index in [2.05, 4.69) is 21.2 Å². The fourth-order valence-electron chi connectivity index (χ4n) is 1.28.